The summed E-state index contributed by atoms with van der Waals surface area (Å²) >= 11 is 0. The molecule has 0 radical (unpaired) electrons. The number of rotatable bonds is 4. The Labute approximate surface area is 81.0 Å². The van der Waals surface area contributed by atoms with Gasteiger partial charge >= 0.3 is 11.9 Å². The average Bonchev–Trinajstić information content (AvgIpc) is 2.00. The number of nitrogens with two attached hydrogens (primary N) is 1. The zero-order valence-corrected chi connectivity index (χ0v) is 7.77. The van der Waals surface area contributed by atoms with Gasteiger partial charge in [0.1, 0.15) is 6.04 Å². The van der Waals surface area contributed by atoms with E-state index in [0.29, 0.717) is 0 Å². The van der Waals surface area contributed by atoms with E-state index in [9.17, 15) is 9.59 Å². The van der Waals surface area contributed by atoms with E-state index in [-0.39, 0.29) is 17.0 Å². The lowest BCUT2D eigenvalue weighted by atomic mass is 10.1. The Morgan fingerprint density at radius 2 is 2.00 bits per heavy atom. The third kappa shape index (κ3) is 4.86. The summed E-state index contributed by atoms with van der Waals surface area (Å²) in [5.41, 5.74) is 4.46. The molecule has 2 atom stereocenters. The molecule has 0 saturated carbocycles. The highest BCUT2D eigenvalue weighted by Gasteiger charge is 2.15. The Morgan fingerprint density at radius 1 is 1.58 bits per heavy atom. The van der Waals surface area contributed by atoms with E-state index >= 15 is 0 Å². The molecular formula is C6H10BrNO4. The average molecular weight is 241 g/mol. The molecule has 0 aliphatic carbocycles. The lowest BCUT2D eigenvalue weighted by Gasteiger charge is -2.04. The highest BCUT2D eigenvalue weighted by atomic mass is 79.9. The summed E-state index contributed by atoms with van der Waals surface area (Å²) in [6, 6.07) is -1.55. The second-order valence-corrected chi connectivity index (χ2v) is 1.86. The van der Waals surface area contributed by atoms with Crippen LogP contribution in [0, 0.1) is 0 Å². The van der Waals surface area contributed by atoms with E-state index in [1.54, 1.807) is 0 Å². The van der Waals surface area contributed by atoms with Crippen molar-refractivity contribution in [3.8, 4) is 0 Å². The highest BCUT2D eigenvalue weighted by Crippen LogP contribution is 2.00. The van der Waals surface area contributed by atoms with Gasteiger partial charge in [-0.15, -0.1) is 17.0 Å². The molecule has 0 unspecified atom stereocenters. The first kappa shape index (κ1) is 11.1. The number of halogens is 1. The van der Waals surface area contributed by atoms with Gasteiger partial charge in [-0.3, -0.25) is 4.79 Å². The van der Waals surface area contributed by atoms with Gasteiger partial charge in [0.2, 0.25) is 0 Å². The smallest absolute Gasteiger partial charge is 0.331 e. The maximum Gasteiger partial charge on any atom is 0.331 e. The first-order valence-corrected chi connectivity index (χ1v) is 2.70. The molecule has 4 N–H and O–H groups in total. The molecule has 0 rings (SSSR count). The summed E-state index contributed by atoms with van der Waals surface area (Å²) in [6.45, 7) is 3.03. The first-order chi connectivity index (χ1) is 5.37. The molecular weight excluding hydrogens is 230 g/mol. The fourth-order valence-electron chi connectivity index (χ4n) is 0.359. The van der Waals surface area contributed by atoms with Gasteiger partial charge in [0.15, 0.2) is 0 Å². The molecule has 0 bridgehead atoms. The van der Waals surface area contributed by atoms with Crippen LogP contribution in [0.4, 0.5) is 0 Å². The van der Waals surface area contributed by atoms with Crippen molar-refractivity contribution in [1.82, 2.24) is 0 Å². The summed E-state index contributed by atoms with van der Waals surface area (Å²) in [5.74, 6) is -2.83. The molecule has 70 valence electrons. The zero-order chi connectivity index (χ0) is 9.89. The van der Waals surface area contributed by atoms with Crippen molar-refractivity contribution in [1.29, 1.82) is 0 Å². The number of hydrogen-bond donors (Lipinski definition) is 3. The van der Waals surface area contributed by atoms with Gasteiger partial charge < -0.3 is 15.9 Å². The normalized spacial score (nSPS) is 14.9. The topological polar surface area (TPSA) is 101 Å². The molecule has 0 aromatic rings. The van der Waals surface area contributed by atoms with Crippen molar-refractivity contribution in [3.05, 3.63) is 12.2 Å². The number of hydrogen-bond acceptors (Lipinski definition) is 3. The van der Waals surface area contributed by atoms with Crippen molar-refractivity contribution >= 4 is 28.9 Å². The van der Waals surface area contributed by atoms with Crippen LogP contribution in [0.15, 0.2) is 12.2 Å². The predicted molar refractivity (Wildman–Crippen MR) is 47.3 cm³/mol. The van der Waals surface area contributed by atoms with Crippen LogP contribution in [0.1, 0.15) is 7.77 Å². The summed E-state index contributed by atoms with van der Waals surface area (Å²) < 4.78 is 7.06. The van der Waals surface area contributed by atoms with Gasteiger partial charge in [0.05, 0.1) is 0 Å². The zero-order valence-electron chi connectivity index (χ0n) is 7.06. The van der Waals surface area contributed by atoms with Crippen LogP contribution in [0.5, 0.6) is 0 Å². The molecule has 6 heteroatoms. The highest BCUT2D eigenvalue weighted by molar-refractivity contribution is 8.93. The van der Waals surface area contributed by atoms with Crippen LogP contribution < -0.4 is 5.73 Å². The van der Waals surface area contributed by atoms with Gasteiger partial charge in [0.25, 0.3) is 0 Å². The monoisotopic (exact) mass is 240 g/mol. The Balaban J connectivity index is 0. The molecule has 0 amide bonds. The molecule has 5 nitrogen and oxygen atoms in total. The van der Waals surface area contributed by atoms with Crippen LogP contribution >= 0.6 is 17.0 Å². The number of carboxylic acid groups (broad SMARTS) is 2. The standard InChI is InChI=1S/C6H9NO4.BrH/c1-3(5(8)9)2-4(7)6(10)11;/h4H,1-2,7H2,(H,8,9)(H,10,11);1H/t4-;/m0./s1/i2D;/t2-,4-;. The van der Waals surface area contributed by atoms with Gasteiger partial charge in [-0.05, 0) is 0 Å². The summed E-state index contributed by atoms with van der Waals surface area (Å²) in [7, 11) is 0. The minimum absolute atomic E-state index is 0. The second kappa shape index (κ2) is 5.73. The first-order valence-electron chi connectivity index (χ1n) is 3.28. The molecule has 0 aliphatic rings. The lowest BCUT2D eigenvalue weighted by molar-refractivity contribution is -0.138. The fraction of sp³-hybridized carbons (Fsp3) is 0.333. The van der Waals surface area contributed by atoms with Crippen LogP contribution in [-0.4, -0.2) is 28.2 Å². The van der Waals surface area contributed by atoms with Crippen LogP contribution in [0.3, 0.4) is 0 Å². The van der Waals surface area contributed by atoms with E-state index in [1.165, 1.54) is 0 Å². The molecule has 0 aliphatic heterocycles. The van der Waals surface area contributed by atoms with Crippen molar-refractivity contribution in [2.45, 2.75) is 12.4 Å². The molecule has 0 aromatic heterocycles. The molecule has 0 fully saturated rings. The van der Waals surface area contributed by atoms with E-state index in [4.69, 9.17) is 17.3 Å². The van der Waals surface area contributed by atoms with E-state index in [1.807, 2.05) is 0 Å². The van der Waals surface area contributed by atoms with Gasteiger partial charge in [-0.2, -0.15) is 0 Å². The molecule has 0 saturated heterocycles. The number of carboxylic acids is 2. The molecule has 0 aromatic carbocycles. The van der Waals surface area contributed by atoms with Crippen LogP contribution in [0.25, 0.3) is 0 Å². The summed E-state index contributed by atoms with van der Waals surface area (Å²) in [4.78, 5) is 20.4. The predicted octanol–water partition coefficient (Wildman–Crippen LogP) is 0.00710. The Bertz CT molecular complexity index is 233. The van der Waals surface area contributed by atoms with Crippen molar-refractivity contribution in [2.24, 2.45) is 5.73 Å². The molecule has 0 heterocycles. The Kier molecular flexibility index (Phi) is 5.31. The largest absolute Gasteiger partial charge is 0.480 e. The summed E-state index contributed by atoms with van der Waals surface area (Å²) in [6.07, 6.45) is -1.51. The SMILES string of the molecule is Br.[2H][C@@H](C(=C)C(=O)O)[C@H](N)C(=O)O. The van der Waals surface area contributed by atoms with Gasteiger partial charge in [-0.1, -0.05) is 6.58 Å². The summed E-state index contributed by atoms with van der Waals surface area (Å²) in [5, 5.41) is 16.6. The van der Waals surface area contributed by atoms with Crippen LogP contribution in [0.2, 0.25) is 0 Å². The lowest BCUT2D eigenvalue weighted by Crippen LogP contribution is -2.31. The minimum atomic E-state index is -1.55. The van der Waals surface area contributed by atoms with E-state index in [0.717, 1.165) is 0 Å². The van der Waals surface area contributed by atoms with Crippen molar-refractivity contribution in [3.63, 3.8) is 0 Å². The Hall–Kier alpha value is -0.880. The third-order valence-corrected chi connectivity index (χ3v) is 0.941. The molecule has 0 spiro atoms. The number of aliphatic carboxylic acids is 2. The van der Waals surface area contributed by atoms with Crippen molar-refractivity contribution < 1.29 is 21.2 Å². The third-order valence-electron chi connectivity index (χ3n) is 0.941. The van der Waals surface area contributed by atoms with Crippen LogP contribution in [-0.2, 0) is 9.59 Å². The minimum Gasteiger partial charge on any atom is -0.480 e. The quantitative estimate of drug-likeness (QED) is 0.602. The fourth-order valence-corrected chi connectivity index (χ4v) is 0.359. The maximum absolute atomic E-state index is 10.2. The second-order valence-electron chi connectivity index (χ2n) is 1.86. The number of carbonyl (C=O) groups is 2. The Morgan fingerprint density at radius 3 is 2.25 bits per heavy atom. The van der Waals surface area contributed by atoms with E-state index < -0.39 is 30.0 Å². The molecule has 12 heavy (non-hydrogen) atoms. The van der Waals surface area contributed by atoms with Gasteiger partial charge in [0, 0.05) is 13.3 Å². The van der Waals surface area contributed by atoms with E-state index in [2.05, 4.69) is 6.58 Å². The van der Waals surface area contributed by atoms with Gasteiger partial charge in [-0.25, -0.2) is 4.79 Å². The van der Waals surface area contributed by atoms with Crippen molar-refractivity contribution in [2.75, 3.05) is 0 Å². The maximum atomic E-state index is 10.2.